The molecule has 2 N–H and O–H groups in total. The number of carbonyl (C=O) groups excluding carboxylic acids is 1. The lowest BCUT2D eigenvalue weighted by Crippen LogP contribution is -2.46. The summed E-state index contributed by atoms with van der Waals surface area (Å²) in [5.74, 6) is 0.173. The van der Waals surface area contributed by atoms with Crippen LogP contribution in [-0.4, -0.2) is 30.4 Å². The third-order valence-corrected chi connectivity index (χ3v) is 3.45. The van der Waals surface area contributed by atoms with Gasteiger partial charge in [-0.15, -0.1) is 0 Å². The second-order valence-electron chi connectivity index (χ2n) is 5.71. The van der Waals surface area contributed by atoms with E-state index in [1.807, 2.05) is 11.9 Å². The van der Waals surface area contributed by atoms with Gasteiger partial charge in [-0.25, -0.2) is 0 Å². The van der Waals surface area contributed by atoms with E-state index >= 15 is 0 Å². The molecule has 0 aliphatic carbocycles. The van der Waals surface area contributed by atoms with Crippen LogP contribution in [0.4, 0.5) is 0 Å². The molecule has 0 aromatic rings. The molecular weight excluding hydrogens is 200 g/mol. The molecule has 1 amide bonds. The van der Waals surface area contributed by atoms with Crippen molar-refractivity contribution in [3.8, 4) is 0 Å². The van der Waals surface area contributed by atoms with Crippen molar-refractivity contribution >= 4 is 5.91 Å². The fraction of sp³-hybridized carbons (Fsp3) is 0.923. The van der Waals surface area contributed by atoms with Crippen LogP contribution in [0.3, 0.4) is 0 Å². The van der Waals surface area contributed by atoms with Gasteiger partial charge < -0.3 is 10.6 Å². The lowest BCUT2D eigenvalue weighted by Gasteiger charge is -2.37. The van der Waals surface area contributed by atoms with Gasteiger partial charge in [0.1, 0.15) is 0 Å². The summed E-state index contributed by atoms with van der Waals surface area (Å²) in [6.45, 7) is 11.1. The van der Waals surface area contributed by atoms with Crippen LogP contribution < -0.4 is 5.73 Å². The van der Waals surface area contributed by atoms with Crippen LogP contribution in [0, 0.1) is 11.3 Å². The summed E-state index contributed by atoms with van der Waals surface area (Å²) in [6.07, 6.45) is 1.89. The zero-order valence-corrected chi connectivity index (χ0v) is 11.7. The van der Waals surface area contributed by atoms with E-state index in [-0.39, 0.29) is 23.3 Å². The van der Waals surface area contributed by atoms with Gasteiger partial charge in [-0.2, -0.15) is 0 Å². The molecule has 0 saturated carbocycles. The Balaban J connectivity index is 4.58. The van der Waals surface area contributed by atoms with Gasteiger partial charge >= 0.3 is 0 Å². The Morgan fingerprint density at radius 1 is 1.38 bits per heavy atom. The third-order valence-electron chi connectivity index (χ3n) is 3.45. The molecule has 3 heteroatoms. The minimum atomic E-state index is -0.0141. The van der Waals surface area contributed by atoms with Crippen LogP contribution in [-0.2, 0) is 4.79 Å². The third kappa shape index (κ3) is 4.12. The number of nitrogens with two attached hydrogens (primary N) is 1. The fourth-order valence-electron chi connectivity index (χ4n) is 1.75. The van der Waals surface area contributed by atoms with Gasteiger partial charge in [-0.1, -0.05) is 34.1 Å². The normalized spacial score (nSPS) is 15.7. The van der Waals surface area contributed by atoms with Crippen molar-refractivity contribution < 1.29 is 4.79 Å². The fourth-order valence-corrected chi connectivity index (χ4v) is 1.75. The molecule has 2 atom stereocenters. The van der Waals surface area contributed by atoms with Crippen LogP contribution in [0.15, 0.2) is 0 Å². The van der Waals surface area contributed by atoms with E-state index < -0.39 is 0 Å². The predicted molar refractivity (Wildman–Crippen MR) is 69.1 cm³/mol. The lowest BCUT2D eigenvalue weighted by atomic mass is 9.86. The molecule has 0 rings (SSSR count). The van der Waals surface area contributed by atoms with Crippen LogP contribution in [0.5, 0.6) is 0 Å². The lowest BCUT2D eigenvalue weighted by molar-refractivity contribution is -0.137. The van der Waals surface area contributed by atoms with Crippen molar-refractivity contribution in [2.75, 3.05) is 13.6 Å². The van der Waals surface area contributed by atoms with Crippen molar-refractivity contribution in [1.82, 2.24) is 4.90 Å². The van der Waals surface area contributed by atoms with Crippen molar-refractivity contribution in [2.45, 2.75) is 53.5 Å². The maximum Gasteiger partial charge on any atom is 0.226 e. The highest BCUT2D eigenvalue weighted by atomic mass is 16.2. The SMILES string of the molecule is CCCC(CN)C(=O)N(C)C(C)C(C)(C)C. The molecule has 2 unspecified atom stereocenters. The summed E-state index contributed by atoms with van der Waals surface area (Å²) in [7, 11) is 1.89. The minimum absolute atomic E-state index is 0.0141. The standard InChI is InChI=1S/C13H28N2O/c1-7-8-11(9-14)12(16)15(6)10(2)13(3,4)5/h10-11H,7-9,14H2,1-6H3. The van der Waals surface area contributed by atoms with Crippen LogP contribution >= 0.6 is 0 Å². The van der Waals surface area contributed by atoms with E-state index in [1.54, 1.807) is 0 Å². The first kappa shape index (κ1) is 15.4. The number of nitrogens with zero attached hydrogens (tertiary/aromatic N) is 1. The Kier molecular flexibility index (Phi) is 6.01. The molecule has 0 heterocycles. The van der Waals surface area contributed by atoms with E-state index in [0.717, 1.165) is 12.8 Å². The zero-order valence-electron chi connectivity index (χ0n) is 11.7. The molecule has 3 nitrogen and oxygen atoms in total. The summed E-state index contributed by atoms with van der Waals surface area (Å²) in [5, 5.41) is 0. The molecule has 96 valence electrons. The van der Waals surface area contributed by atoms with Gasteiger partial charge in [0.15, 0.2) is 0 Å². The highest BCUT2D eigenvalue weighted by Crippen LogP contribution is 2.24. The van der Waals surface area contributed by atoms with Crippen molar-refractivity contribution in [3.05, 3.63) is 0 Å². The average Bonchev–Trinajstić information content (AvgIpc) is 2.21. The summed E-state index contributed by atoms with van der Waals surface area (Å²) in [4.78, 5) is 14.1. The summed E-state index contributed by atoms with van der Waals surface area (Å²) >= 11 is 0. The zero-order chi connectivity index (χ0) is 12.9. The van der Waals surface area contributed by atoms with Gasteiger partial charge in [-0.05, 0) is 18.8 Å². The first-order chi connectivity index (χ1) is 7.25. The van der Waals surface area contributed by atoms with E-state index in [9.17, 15) is 4.79 Å². The Hall–Kier alpha value is -0.570. The monoisotopic (exact) mass is 228 g/mol. The highest BCUT2D eigenvalue weighted by molar-refractivity contribution is 5.79. The van der Waals surface area contributed by atoms with E-state index in [0.29, 0.717) is 6.54 Å². The second-order valence-corrected chi connectivity index (χ2v) is 5.71. The molecule has 0 radical (unpaired) electrons. The summed E-state index contributed by atoms with van der Waals surface area (Å²) in [5.41, 5.74) is 5.77. The summed E-state index contributed by atoms with van der Waals surface area (Å²) < 4.78 is 0. The molecule has 16 heavy (non-hydrogen) atoms. The molecule has 0 spiro atoms. The quantitative estimate of drug-likeness (QED) is 0.784. The Morgan fingerprint density at radius 2 is 1.88 bits per heavy atom. The van der Waals surface area contributed by atoms with Crippen molar-refractivity contribution in [2.24, 2.45) is 17.1 Å². The van der Waals surface area contributed by atoms with Crippen molar-refractivity contribution in [3.63, 3.8) is 0 Å². The first-order valence-electron chi connectivity index (χ1n) is 6.22. The van der Waals surface area contributed by atoms with Crippen molar-refractivity contribution in [1.29, 1.82) is 0 Å². The Bertz CT molecular complexity index is 220. The van der Waals surface area contributed by atoms with Gasteiger partial charge in [0.2, 0.25) is 5.91 Å². The maximum atomic E-state index is 12.2. The first-order valence-corrected chi connectivity index (χ1v) is 6.22. The molecule has 0 fully saturated rings. The number of rotatable bonds is 5. The molecule has 0 aliphatic rings. The minimum Gasteiger partial charge on any atom is -0.342 e. The number of carbonyl (C=O) groups is 1. The predicted octanol–water partition coefficient (Wildman–Crippen LogP) is 2.25. The van der Waals surface area contributed by atoms with Crippen LogP contribution in [0.1, 0.15) is 47.5 Å². The van der Waals surface area contributed by atoms with Gasteiger partial charge in [0, 0.05) is 19.6 Å². The molecule has 0 aromatic carbocycles. The van der Waals surface area contributed by atoms with Gasteiger partial charge in [0.25, 0.3) is 0 Å². The number of hydrogen-bond acceptors (Lipinski definition) is 2. The number of hydrogen-bond donors (Lipinski definition) is 1. The van der Waals surface area contributed by atoms with E-state index in [4.69, 9.17) is 5.73 Å². The van der Waals surface area contributed by atoms with Crippen LogP contribution in [0.25, 0.3) is 0 Å². The second kappa shape index (κ2) is 6.24. The number of amides is 1. The molecular formula is C13H28N2O. The topological polar surface area (TPSA) is 46.3 Å². The summed E-state index contributed by atoms with van der Waals surface area (Å²) in [6, 6.07) is 0.228. The Morgan fingerprint density at radius 3 is 2.19 bits per heavy atom. The Labute approximate surface area is 100 Å². The van der Waals surface area contributed by atoms with E-state index in [2.05, 4.69) is 34.6 Å². The largest absolute Gasteiger partial charge is 0.342 e. The molecule has 0 aromatic heterocycles. The molecule has 0 saturated heterocycles. The molecule has 0 bridgehead atoms. The van der Waals surface area contributed by atoms with Gasteiger partial charge in [-0.3, -0.25) is 4.79 Å². The van der Waals surface area contributed by atoms with E-state index in [1.165, 1.54) is 0 Å². The smallest absolute Gasteiger partial charge is 0.226 e. The average molecular weight is 228 g/mol. The van der Waals surface area contributed by atoms with Gasteiger partial charge in [0.05, 0.1) is 5.92 Å². The molecule has 0 aliphatic heterocycles. The highest BCUT2D eigenvalue weighted by Gasteiger charge is 2.29. The van der Waals surface area contributed by atoms with Crippen LogP contribution in [0.2, 0.25) is 0 Å². The maximum absolute atomic E-state index is 12.2.